The standard InChI is InChI=1S/C17H20N2O4S/c1-10-7-19(8-11(2)22-10)16(20)12(3)23-17(21)13-4-5-14-15(6-13)24-9-18-14/h4-6,9-12H,7-8H2,1-3H3/t10-,11+,12-/m1/s1. The minimum absolute atomic E-state index is 0.0191. The van der Waals surface area contributed by atoms with Crippen LogP contribution in [0.4, 0.5) is 0 Å². The van der Waals surface area contributed by atoms with Crippen molar-refractivity contribution in [3.63, 3.8) is 0 Å². The number of rotatable bonds is 3. The molecule has 1 aromatic carbocycles. The van der Waals surface area contributed by atoms with E-state index < -0.39 is 12.1 Å². The number of morpholine rings is 1. The fraction of sp³-hybridized carbons (Fsp3) is 0.471. The van der Waals surface area contributed by atoms with Crippen LogP contribution in [0.2, 0.25) is 0 Å². The van der Waals surface area contributed by atoms with Gasteiger partial charge in [-0.2, -0.15) is 0 Å². The summed E-state index contributed by atoms with van der Waals surface area (Å²) in [7, 11) is 0. The lowest BCUT2D eigenvalue weighted by molar-refractivity contribution is -0.151. The van der Waals surface area contributed by atoms with Crippen LogP contribution in [0, 0.1) is 0 Å². The van der Waals surface area contributed by atoms with E-state index in [-0.39, 0.29) is 18.1 Å². The molecule has 128 valence electrons. The first-order valence-electron chi connectivity index (χ1n) is 7.92. The van der Waals surface area contributed by atoms with Crippen molar-refractivity contribution < 1.29 is 19.1 Å². The Bertz CT molecular complexity index is 750. The van der Waals surface area contributed by atoms with Crippen LogP contribution in [0.3, 0.4) is 0 Å². The minimum Gasteiger partial charge on any atom is -0.449 e. The van der Waals surface area contributed by atoms with Gasteiger partial charge in [0.2, 0.25) is 0 Å². The van der Waals surface area contributed by atoms with Crippen molar-refractivity contribution in [2.75, 3.05) is 13.1 Å². The smallest absolute Gasteiger partial charge is 0.338 e. The van der Waals surface area contributed by atoms with Crippen molar-refractivity contribution in [2.24, 2.45) is 0 Å². The Labute approximate surface area is 144 Å². The molecule has 1 aliphatic heterocycles. The summed E-state index contributed by atoms with van der Waals surface area (Å²) in [6.07, 6.45) is -0.865. The van der Waals surface area contributed by atoms with Crippen LogP contribution in [0.25, 0.3) is 10.2 Å². The highest BCUT2D eigenvalue weighted by Crippen LogP contribution is 2.20. The van der Waals surface area contributed by atoms with Gasteiger partial charge in [-0.25, -0.2) is 9.78 Å². The van der Waals surface area contributed by atoms with E-state index in [4.69, 9.17) is 9.47 Å². The zero-order valence-electron chi connectivity index (χ0n) is 13.9. The third-order valence-electron chi connectivity index (χ3n) is 3.93. The highest BCUT2D eigenvalue weighted by atomic mass is 32.1. The average molecular weight is 348 g/mol. The predicted molar refractivity (Wildman–Crippen MR) is 91.1 cm³/mol. The summed E-state index contributed by atoms with van der Waals surface area (Å²) in [4.78, 5) is 30.7. The maximum absolute atomic E-state index is 12.5. The predicted octanol–water partition coefficient (Wildman–Crippen LogP) is 2.48. The molecule has 2 heterocycles. The van der Waals surface area contributed by atoms with Crippen molar-refractivity contribution in [2.45, 2.75) is 39.1 Å². The van der Waals surface area contributed by atoms with Crippen LogP contribution in [0.5, 0.6) is 0 Å². The van der Waals surface area contributed by atoms with Gasteiger partial charge < -0.3 is 14.4 Å². The van der Waals surface area contributed by atoms with Gasteiger partial charge in [0.1, 0.15) is 0 Å². The molecule has 3 atom stereocenters. The third kappa shape index (κ3) is 3.57. The second-order valence-corrected chi connectivity index (χ2v) is 6.97. The van der Waals surface area contributed by atoms with E-state index in [9.17, 15) is 9.59 Å². The van der Waals surface area contributed by atoms with Gasteiger partial charge in [0.15, 0.2) is 6.10 Å². The van der Waals surface area contributed by atoms with Gasteiger partial charge in [0.05, 0.1) is 33.5 Å². The molecular weight excluding hydrogens is 328 g/mol. The van der Waals surface area contributed by atoms with Gasteiger partial charge in [-0.05, 0) is 39.0 Å². The number of ether oxygens (including phenoxy) is 2. The van der Waals surface area contributed by atoms with E-state index in [1.54, 1.807) is 35.5 Å². The van der Waals surface area contributed by atoms with Crippen LogP contribution in [0.1, 0.15) is 31.1 Å². The van der Waals surface area contributed by atoms with Crippen LogP contribution < -0.4 is 0 Å². The lowest BCUT2D eigenvalue weighted by Gasteiger charge is -2.36. The van der Waals surface area contributed by atoms with Gasteiger partial charge in [0.25, 0.3) is 5.91 Å². The Morgan fingerprint density at radius 1 is 1.33 bits per heavy atom. The second kappa shape index (κ2) is 6.86. The molecule has 2 aromatic rings. The quantitative estimate of drug-likeness (QED) is 0.797. The van der Waals surface area contributed by atoms with Crippen molar-refractivity contribution in [1.82, 2.24) is 9.88 Å². The summed E-state index contributed by atoms with van der Waals surface area (Å²) >= 11 is 1.46. The van der Waals surface area contributed by atoms with Gasteiger partial charge in [0, 0.05) is 13.1 Å². The number of aromatic nitrogens is 1. The molecule has 0 spiro atoms. The molecule has 7 heteroatoms. The summed E-state index contributed by atoms with van der Waals surface area (Å²) in [5.41, 5.74) is 3.00. The second-order valence-electron chi connectivity index (χ2n) is 6.08. The highest BCUT2D eigenvalue weighted by molar-refractivity contribution is 7.16. The molecule has 1 saturated heterocycles. The van der Waals surface area contributed by atoms with Crippen LogP contribution in [0.15, 0.2) is 23.7 Å². The number of benzene rings is 1. The summed E-state index contributed by atoms with van der Waals surface area (Å²) in [6.45, 7) is 6.49. The summed E-state index contributed by atoms with van der Waals surface area (Å²) in [5, 5.41) is 0. The van der Waals surface area contributed by atoms with Crippen molar-refractivity contribution in [3.05, 3.63) is 29.3 Å². The zero-order valence-corrected chi connectivity index (χ0v) is 14.7. The number of hydrogen-bond donors (Lipinski definition) is 0. The Balaban J connectivity index is 1.65. The molecule has 1 aliphatic rings. The first-order valence-corrected chi connectivity index (χ1v) is 8.80. The summed E-state index contributed by atoms with van der Waals surface area (Å²) < 4.78 is 11.9. The molecule has 1 fully saturated rings. The van der Waals surface area contributed by atoms with E-state index in [0.29, 0.717) is 18.7 Å². The topological polar surface area (TPSA) is 68.7 Å². The Morgan fingerprint density at radius 2 is 2.04 bits per heavy atom. The number of fused-ring (bicyclic) bond motifs is 1. The van der Waals surface area contributed by atoms with Gasteiger partial charge >= 0.3 is 5.97 Å². The molecule has 1 aromatic heterocycles. The normalized spacial score (nSPS) is 22.4. The zero-order chi connectivity index (χ0) is 17.3. The number of carbonyl (C=O) groups excluding carboxylic acids is 2. The van der Waals surface area contributed by atoms with Crippen LogP contribution >= 0.6 is 11.3 Å². The summed E-state index contributed by atoms with van der Waals surface area (Å²) in [5.74, 6) is -0.690. The maximum Gasteiger partial charge on any atom is 0.338 e. The number of thiazole rings is 1. The Hall–Kier alpha value is -1.99. The average Bonchev–Trinajstić information content (AvgIpc) is 3.00. The van der Waals surface area contributed by atoms with Crippen molar-refractivity contribution >= 4 is 33.4 Å². The fourth-order valence-electron chi connectivity index (χ4n) is 2.88. The molecule has 3 rings (SSSR count). The van der Waals surface area contributed by atoms with E-state index in [2.05, 4.69) is 4.98 Å². The Morgan fingerprint density at radius 3 is 2.75 bits per heavy atom. The van der Waals surface area contributed by atoms with Crippen molar-refractivity contribution in [3.8, 4) is 0 Å². The van der Waals surface area contributed by atoms with Gasteiger partial charge in [-0.3, -0.25) is 4.79 Å². The molecule has 0 N–H and O–H groups in total. The number of nitrogens with zero attached hydrogens (tertiary/aromatic N) is 2. The van der Waals surface area contributed by atoms with Gasteiger partial charge in [-0.1, -0.05) is 0 Å². The van der Waals surface area contributed by atoms with E-state index >= 15 is 0 Å². The lowest BCUT2D eigenvalue weighted by Crippen LogP contribution is -2.51. The molecule has 6 nitrogen and oxygen atoms in total. The molecule has 0 aliphatic carbocycles. The minimum atomic E-state index is -0.827. The van der Waals surface area contributed by atoms with Crippen LogP contribution in [-0.2, 0) is 14.3 Å². The molecule has 0 radical (unpaired) electrons. The molecule has 0 bridgehead atoms. The largest absolute Gasteiger partial charge is 0.449 e. The first kappa shape index (κ1) is 16.9. The summed E-state index contributed by atoms with van der Waals surface area (Å²) in [6, 6.07) is 5.19. The third-order valence-corrected chi connectivity index (χ3v) is 4.72. The van der Waals surface area contributed by atoms with Gasteiger partial charge in [-0.15, -0.1) is 11.3 Å². The molecule has 0 saturated carbocycles. The molecule has 1 amide bonds. The maximum atomic E-state index is 12.5. The molecule has 0 unspecified atom stereocenters. The lowest BCUT2D eigenvalue weighted by atomic mass is 10.2. The number of carbonyl (C=O) groups is 2. The number of esters is 1. The molecular formula is C17H20N2O4S. The number of hydrogen-bond acceptors (Lipinski definition) is 6. The van der Waals surface area contributed by atoms with E-state index in [0.717, 1.165) is 10.2 Å². The first-order chi connectivity index (χ1) is 11.4. The highest BCUT2D eigenvalue weighted by Gasteiger charge is 2.30. The number of amides is 1. The Kier molecular flexibility index (Phi) is 4.82. The monoisotopic (exact) mass is 348 g/mol. The fourth-order valence-corrected chi connectivity index (χ4v) is 3.59. The van der Waals surface area contributed by atoms with E-state index in [1.807, 2.05) is 13.8 Å². The van der Waals surface area contributed by atoms with Crippen LogP contribution in [-0.4, -0.2) is 53.2 Å². The van der Waals surface area contributed by atoms with Crippen molar-refractivity contribution in [1.29, 1.82) is 0 Å². The molecule has 24 heavy (non-hydrogen) atoms. The van der Waals surface area contributed by atoms with E-state index in [1.165, 1.54) is 11.3 Å². The SMILES string of the molecule is C[C@@H]1CN(C(=O)[C@@H](C)OC(=O)c2ccc3ncsc3c2)C[C@H](C)O1.